The summed E-state index contributed by atoms with van der Waals surface area (Å²) >= 11 is 6.28. The van der Waals surface area contributed by atoms with Crippen LogP contribution in [-0.2, 0) is 0 Å². The molecule has 0 radical (unpaired) electrons. The maximum Gasteiger partial charge on any atom is 0.289 e. The third-order valence-corrected chi connectivity index (χ3v) is 3.34. The van der Waals surface area contributed by atoms with Crippen molar-refractivity contribution in [1.29, 1.82) is 0 Å². The minimum absolute atomic E-state index is 0.288. The Labute approximate surface area is 151 Å². The van der Waals surface area contributed by atoms with E-state index >= 15 is 0 Å². The summed E-state index contributed by atoms with van der Waals surface area (Å²) < 4.78 is 11.2. The summed E-state index contributed by atoms with van der Waals surface area (Å²) in [5, 5.41) is 4.36. The van der Waals surface area contributed by atoms with Gasteiger partial charge in [0.25, 0.3) is 5.91 Å². The lowest BCUT2D eigenvalue weighted by Gasteiger charge is -2.13. The monoisotopic (exact) mass is 361 g/mol. The average molecular weight is 362 g/mol. The molecule has 1 heterocycles. The summed E-state index contributed by atoms with van der Waals surface area (Å²) in [6.07, 6.45) is 3.89. The molecule has 132 valence electrons. The molecule has 0 aliphatic carbocycles. The van der Waals surface area contributed by atoms with Crippen LogP contribution in [0.25, 0.3) is 0 Å². The zero-order valence-corrected chi connectivity index (χ0v) is 14.9. The van der Waals surface area contributed by atoms with Crippen molar-refractivity contribution in [2.45, 2.75) is 20.3 Å². The Morgan fingerprint density at radius 2 is 2.16 bits per heavy atom. The molecule has 6 nitrogen and oxygen atoms in total. The smallest absolute Gasteiger partial charge is 0.289 e. The number of aromatic nitrogens is 1. The van der Waals surface area contributed by atoms with Gasteiger partial charge in [0.1, 0.15) is 5.69 Å². The van der Waals surface area contributed by atoms with Gasteiger partial charge in [0.2, 0.25) is 0 Å². The van der Waals surface area contributed by atoms with Crippen molar-refractivity contribution >= 4 is 23.7 Å². The van der Waals surface area contributed by atoms with Crippen LogP contribution in [0.4, 0.5) is 0 Å². The number of pyridine rings is 1. The van der Waals surface area contributed by atoms with Gasteiger partial charge in [0, 0.05) is 6.20 Å². The van der Waals surface area contributed by atoms with E-state index in [1.165, 1.54) is 6.21 Å². The van der Waals surface area contributed by atoms with Gasteiger partial charge in [0.05, 0.1) is 24.5 Å². The number of rotatable bonds is 8. The van der Waals surface area contributed by atoms with Crippen molar-refractivity contribution in [1.82, 2.24) is 10.4 Å². The quantitative estimate of drug-likeness (QED) is 0.575. The molecule has 0 bridgehead atoms. The molecular formula is C18H20ClN3O3. The van der Waals surface area contributed by atoms with Gasteiger partial charge in [-0.2, -0.15) is 5.10 Å². The highest BCUT2D eigenvalue weighted by Crippen LogP contribution is 2.36. The number of benzene rings is 1. The summed E-state index contributed by atoms with van der Waals surface area (Å²) in [4.78, 5) is 15.8. The van der Waals surface area contributed by atoms with Crippen LogP contribution in [0.2, 0.25) is 5.02 Å². The fraction of sp³-hybridized carbons (Fsp3) is 0.278. The third kappa shape index (κ3) is 5.46. The van der Waals surface area contributed by atoms with Crippen molar-refractivity contribution < 1.29 is 14.3 Å². The number of nitrogens with zero attached hydrogens (tertiary/aromatic N) is 2. The number of nitrogens with one attached hydrogen (secondary N) is 1. The summed E-state index contributed by atoms with van der Waals surface area (Å²) in [6, 6.07) is 8.53. The summed E-state index contributed by atoms with van der Waals surface area (Å²) in [5.41, 5.74) is 3.39. The highest BCUT2D eigenvalue weighted by Gasteiger charge is 2.12. The van der Waals surface area contributed by atoms with Gasteiger partial charge in [-0.1, -0.05) is 24.6 Å². The van der Waals surface area contributed by atoms with Gasteiger partial charge in [0.15, 0.2) is 11.5 Å². The van der Waals surface area contributed by atoms with E-state index in [0.29, 0.717) is 35.3 Å². The Hall–Kier alpha value is -2.60. The highest BCUT2D eigenvalue weighted by atomic mass is 35.5. The first-order chi connectivity index (χ1) is 12.2. The third-order valence-electron chi connectivity index (χ3n) is 3.06. The second kappa shape index (κ2) is 9.64. The summed E-state index contributed by atoms with van der Waals surface area (Å²) in [6.45, 7) is 4.92. The van der Waals surface area contributed by atoms with E-state index in [9.17, 15) is 4.79 Å². The molecule has 2 aromatic rings. The topological polar surface area (TPSA) is 72.8 Å². The van der Waals surface area contributed by atoms with E-state index in [-0.39, 0.29) is 5.69 Å². The van der Waals surface area contributed by atoms with E-state index < -0.39 is 5.91 Å². The van der Waals surface area contributed by atoms with Crippen LogP contribution in [0.3, 0.4) is 0 Å². The van der Waals surface area contributed by atoms with E-state index in [4.69, 9.17) is 21.1 Å². The fourth-order valence-corrected chi connectivity index (χ4v) is 2.26. The Bertz CT molecular complexity index is 736. The second-order valence-corrected chi connectivity index (χ2v) is 5.43. The van der Waals surface area contributed by atoms with Gasteiger partial charge in [-0.05, 0) is 43.2 Å². The molecule has 0 spiro atoms. The largest absolute Gasteiger partial charge is 0.490 e. The summed E-state index contributed by atoms with van der Waals surface area (Å²) in [7, 11) is 0. The molecule has 1 aromatic heterocycles. The Morgan fingerprint density at radius 1 is 1.32 bits per heavy atom. The molecule has 0 aliphatic heterocycles. The average Bonchev–Trinajstić information content (AvgIpc) is 2.62. The minimum Gasteiger partial charge on any atom is -0.490 e. The number of carbonyl (C=O) groups excluding carboxylic acids is 1. The number of amides is 1. The van der Waals surface area contributed by atoms with E-state index in [1.807, 2.05) is 13.8 Å². The minimum atomic E-state index is -0.393. The Kier molecular flexibility index (Phi) is 7.22. The van der Waals surface area contributed by atoms with Crippen molar-refractivity contribution in [2.24, 2.45) is 5.10 Å². The zero-order valence-electron chi connectivity index (χ0n) is 14.2. The lowest BCUT2D eigenvalue weighted by atomic mass is 10.2. The van der Waals surface area contributed by atoms with E-state index in [0.717, 1.165) is 6.42 Å². The maximum atomic E-state index is 11.9. The number of ether oxygens (including phenoxy) is 2. The molecule has 0 unspecified atom stereocenters. The molecule has 1 amide bonds. The molecule has 0 saturated carbocycles. The number of hydrogen-bond acceptors (Lipinski definition) is 5. The number of hydrogen-bond donors (Lipinski definition) is 1. The van der Waals surface area contributed by atoms with Gasteiger partial charge in [-0.25, -0.2) is 5.43 Å². The van der Waals surface area contributed by atoms with Crippen molar-refractivity contribution in [3.63, 3.8) is 0 Å². The number of carbonyl (C=O) groups is 1. The molecule has 0 fully saturated rings. The predicted molar refractivity (Wildman–Crippen MR) is 97.7 cm³/mol. The van der Waals surface area contributed by atoms with Gasteiger partial charge in [-0.15, -0.1) is 0 Å². The first kappa shape index (κ1) is 18.7. The highest BCUT2D eigenvalue weighted by molar-refractivity contribution is 6.32. The standard InChI is InChI=1S/C18H20ClN3O3/c1-3-9-25-17-14(19)10-13(11-16(17)24-4-2)12-21-22-18(23)15-7-5-6-8-20-15/h5-8,10-12H,3-4,9H2,1-2H3,(H,22,23)/b21-12+. The second-order valence-electron chi connectivity index (χ2n) is 5.03. The van der Waals surface area contributed by atoms with Gasteiger partial charge in [-0.3, -0.25) is 9.78 Å². The fourth-order valence-electron chi connectivity index (χ4n) is 1.99. The number of halogens is 1. The molecule has 1 aromatic carbocycles. The lowest BCUT2D eigenvalue weighted by Crippen LogP contribution is -2.18. The SMILES string of the molecule is CCCOc1c(Cl)cc(/C=N/NC(=O)c2ccccn2)cc1OCC. The predicted octanol–water partition coefficient (Wildman–Crippen LogP) is 3.69. The van der Waals surface area contributed by atoms with Gasteiger partial charge < -0.3 is 9.47 Å². The first-order valence-electron chi connectivity index (χ1n) is 7.99. The Morgan fingerprint density at radius 3 is 2.84 bits per heavy atom. The van der Waals surface area contributed by atoms with Crippen LogP contribution >= 0.6 is 11.6 Å². The lowest BCUT2D eigenvalue weighted by molar-refractivity contribution is 0.0950. The van der Waals surface area contributed by atoms with E-state index in [1.54, 1.807) is 36.5 Å². The molecular weight excluding hydrogens is 342 g/mol. The van der Waals surface area contributed by atoms with Crippen LogP contribution in [0, 0.1) is 0 Å². The molecule has 0 atom stereocenters. The molecule has 25 heavy (non-hydrogen) atoms. The first-order valence-corrected chi connectivity index (χ1v) is 8.37. The van der Waals surface area contributed by atoms with Crippen molar-refractivity contribution in [3.8, 4) is 11.5 Å². The van der Waals surface area contributed by atoms with Gasteiger partial charge >= 0.3 is 0 Å². The maximum absolute atomic E-state index is 11.9. The zero-order chi connectivity index (χ0) is 18.1. The van der Waals surface area contributed by atoms with E-state index in [2.05, 4.69) is 15.5 Å². The molecule has 1 N–H and O–H groups in total. The van der Waals surface area contributed by atoms with Crippen LogP contribution in [0.5, 0.6) is 11.5 Å². The normalized spacial score (nSPS) is 10.7. The van der Waals surface area contributed by atoms with Crippen LogP contribution < -0.4 is 14.9 Å². The molecule has 7 heteroatoms. The molecule has 2 rings (SSSR count). The van der Waals surface area contributed by atoms with Crippen molar-refractivity contribution in [2.75, 3.05) is 13.2 Å². The Balaban J connectivity index is 2.12. The van der Waals surface area contributed by atoms with Crippen LogP contribution in [-0.4, -0.2) is 30.3 Å². The number of hydrazone groups is 1. The van der Waals surface area contributed by atoms with Crippen LogP contribution in [0.15, 0.2) is 41.6 Å². The van der Waals surface area contributed by atoms with Crippen LogP contribution in [0.1, 0.15) is 36.3 Å². The molecule has 0 saturated heterocycles. The molecule has 0 aliphatic rings. The van der Waals surface area contributed by atoms with Crippen molar-refractivity contribution in [3.05, 3.63) is 52.8 Å². The summed E-state index contributed by atoms with van der Waals surface area (Å²) in [5.74, 6) is 0.664.